The first-order valence-electron chi connectivity index (χ1n) is 17.4. The molecule has 0 bridgehead atoms. The van der Waals surface area contributed by atoms with Gasteiger partial charge in [0.05, 0.1) is 16.7 Å². The van der Waals surface area contributed by atoms with E-state index >= 15 is 0 Å². The minimum absolute atomic E-state index is 0.0964. The molecule has 0 amide bonds. The minimum Gasteiger partial charge on any atom is -0.458 e. The van der Waals surface area contributed by atoms with Crippen molar-refractivity contribution >= 4 is 29.5 Å². The topological polar surface area (TPSA) is 113 Å². The first-order chi connectivity index (χ1) is 25.2. The van der Waals surface area contributed by atoms with E-state index in [1.807, 2.05) is 30.3 Å². The SMILES string of the molecule is CC1CCC(c2ccc(C(=O)OC(COC(=O)c3ccc(OC(=O)c4ccc5c(c4)C(=O)c4ccccc4C5=O)cc3)c3ccccc3)cc2)CC1. The van der Waals surface area contributed by atoms with Gasteiger partial charge in [0.1, 0.15) is 12.4 Å². The minimum atomic E-state index is -0.843. The molecule has 0 N–H and O–H groups in total. The highest BCUT2D eigenvalue weighted by molar-refractivity contribution is 6.28. The van der Waals surface area contributed by atoms with Crippen molar-refractivity contribution in [2.75, 3.05) is 6.61 Å². The molecule has 260 valence electrons. The lowest BCUT2D eigenvalue weighted by Gasteiger charge is -2.26. The van der Waals surface area contributed by atoms with E-state index in [2.05, 4.69) is 6.92 Å². The van der Waals surface area contributed by atoms with E-state index in [9.17, 15) is 24.0 Å². The molecule has 7 rings (SSSR count). The van der Waals surface area contributed by atoms with E-state index < -0.39 is 24.0 Å². The smallest absolute Gasteiger partial charge is 0.343 e. The maximum atomic E-state index is 13.2. The fourth-order valence-corrected chi connectivity index (χ4v) is 6.83. The van der Waals surface area contributed by atoms with Crippen LogP contribution in [0, 0.1) is 5.92 Å². The Morgan fingerprint density at radius 3 is 1.83 bits per heavy atom. The van der Waals surface area contributed by atoms with Gasteiger partial charge in [-0.15, -0.1) is 0 Å². The Balaban J connectivity index is 0.971. The van der Waals surface area contributed by atoms with Crippen molar-refractivity contribution in [3.8, 4) is 5.75 Å². The third-order valence-electron chi connectivity index (χ3n) is 9.88. The van der Waals surface area contributed by atoms with E-state index in [-0.39, 0.29) is 51.7 Å². The van der Waals surface area contributed by atoms with Gasteiger partial charge < -0.3 is 14.2 Å². The van der Waals surface area contributed by atoms with Crippen molar-refractivity contribution in [2.24, 2.45) is 5.92 Å². The van der Waals surface area contributed by atoms with Gasteiger partial charge in [-0.3, -0.25) is 9.59 Å². The van der Waals surface area contributed by atoms with Crippen molar-refractivity contribution in [1.29, 1.82) is 0 Å². The number of ether oxygens (including phenoxy) is 3. The van der Waals surface area contributed by atoms with Gasteiger partial charge in [0, 0.05) is 22.3 Å². The number of esters is 3. The van der Waals surface area contributed by atoms with Crippen LogP contribution in [-0.4, -0.2) is 36.1 Å². The standard InChI is InChI=1S/C44H36O8/c1-27-11-13-28(14-12-27)29-15-17-32(18-16-29)43(48)52-39(30-7-3-2-4-8-30)26-50-42(47)31-19-22-34(23-20-31)51-44(49)33-21-24-37-38(25-33)41(46)36-10-6-5-9-35(36)40(37)45/h2-10,15-25,27-28,39H,11-14,26H2,1H3. The number of ketones is 2. The molecule has 0 spiro atoms. The van der Waals surface area contributed by atoms with E-state index in [0.717, 1.165) is 18.8 Å². The highest BCUT2D eigenvalue weighted by Crippen LogP contribution is 2.36. The van der Waals surface area contributed by atoms with Gasteiger partial charge in [-0.2, -0.15) is 0 Å². The molecule has 0 aliphatic heterocycles. The Morgan fingerprint density at radius 2 is 1.15 bits per heavy atom. The molecule has 0 heterocycles. The molecule has 8 heteroatoms. The fourth-order valence-electron chi connectivity index (χ4n) is 6.83. The molecule has 8 nitrogen and oxygen atoms in total. The molecule has 2 aliphatic rings. The molecule has 1 unspecified atom stereocenters. The normalized spacial score (nSPS) is 16.9. The predicted molar refractivity (Wildman–Crippen MR) is 193 cm³/mol. The Hall–Kier alpha value is -6.15. The summed E-state index contributed by atoms with van der Waals surface area (Å²) >= 11 is 0. The van der Waals surface area contributed by atoms with E-state index in [4.69, 9.17) is 14.2 Å². The summed E-state index contributed by atoms with van der Waals surface area (Å²) in [5, 5.41) is 0. The summed E-state index contributed by atoms with van der Waals surface area (Å²) in [4.78, 5) is 65.3. The number of benzene rings is 5. The lowest BCUT2D eigenvalue weighted by molar-refractivity contribution is -0.00134. The lowest BCUT2D eigenvalue weighted by atomic mass is 9.79. The third-order valence-corrected chi connectivity index (χ3v) is 9.88. The van der Waals surface area contributed by atoms with Crippen LogP contribution < -0.4 is 4.74 Å². The quantitative estimate of drug-likeness (QED) is 0.109. The largest absolute Gasteiger partial charge is 0.458 e. The zero-order valence-electron chi connectivity index (χ0n) is 28.6. The van der Waals surface area contributed by atoms with E-state index in [1.54, 1.807) is 48.5 Å². The Kier molecular flexibility index (Phi) is 9.89. The molecule has 0 saturated heterocycles. The van der Waals surface area contributed by atoms with Crippen LogP contribution in [0.3, 0.4) is 0 Å². The summed E-state index contributed by atoms with van der Waals surface area (Å²) in [7, 11) is 0. The predicted octanol–water partition coefficient (Wildman–Crippen LogP) is 8.73. The summed E-state index contributed by atoms with van der Waals surface area (Å²) < 4.78 is 17.0. The van der Waals surface area contributed by atoms with Crippen LogP contribution in [0.15, 0.2) is 121 Å². The average molecular weight is 693 g/mol. The van der Waals surface area contributed by atoms with Crippen LogP contribution in [0.4, 0.5) is 0 Å². The van der Waals surface area contributed by atoms with Gasteiger partial charge in [-0.1, -0.05) is 86.5 Å². The van der Waals surface area contributed by atoms with Crippen molar-refractivity contribution < 1.29 is 38.2 Å². The first kappa shape index (κ1) is 34.3. The number of hydrogen-bond donors (Lipinski definition) is 0. The molecular weight excluding hydrogens is 656 g/mol. The van der Waals surface area contributed by atoms with Crippen LogP contribution >= 0.6 is 0 Å². The third kappa shape index (κ3) is 7.32. The van der Waals surface area contributed by atoms with Gasteiger partial charge in [0.15, 0.2) is 17.7 Å². The van der Waals surface area contributed by atoms with Gasteiger partial charge in [-0.05, 0) is 90.4 Å². The zero-order valence-corrected chi connectivity index (χ0v) is 28.6. The van der Waals surface area contributed by atoms with E-state index in [0.29, 0.717) is 22.6 Å². The van der Waals surface area contributed by atoms with Crippen LogP contribution in [0.25, 0.3) is 0 Å². The second kappa shape index (κ2) is 15.0. The molecule has 0 radical (unpaired) electrons. The van der Waals surface area contributed by atoms with E-state index in [1.165, 1.54) is 60.9 Å². The Morgan fingerprint density at radius 1 is 0.596 bits per heavy atom. The number of hydrogen-bond acceptors (Lipinski definition) is 8. The lowest BCUT2D eigenvalue weighted by Crippen LogP contribution is -2.22. The molecule has 5 aromatic carbocycles. The van der Waals surface area contributed by atoms with Crippen molar-refractivity contribution in [3.05, 3.63) is 171 Å². The summed E-state index contributed by atoms with van der Waals surface area (Å²) in [6.07, 6.45) is 3.89. The van der Waals surface area contributed by atoms with Crippen molar-refractivity contribution in [2.45, 2.75) is 44.6 Å². The molecule has 0 aromatic heterocycles. The number of fused-ring (bicyclic) bond motifs is 2. The average Bonchev–Trinajstić information content (AvgIpc) is 3.19. The summed E-state index contributed by atoms with van der Waals surface area (Å²) in [6, 6.07) is 33.3. The molecule has 1 fully saturated rings. The molecule has 1 saturated carbocycles. The van der Waals surface area contributed by atoms with Crippen LogP contribution in [0.1, 0.15) is 119 Å². The van der Waals surface area contributed by atoms with Gasteiger partial charge in [-0.25, -0.2) is 14.4 Å². The second-order valence-corrected chi connectivity index (χ2v) is 13.4. The summed E-state index contributed by atoms with van der Waals surface area (Å²) in [6.45, 7) is 2.08. The van der Waals surface area contributed by atoms with Crippen LogP contribution in [0.5, 0.6) is 5.75 Å². The van der Waals surface area contributed by atoms with Crippen LogP contribution in [-0.2, 0) is 9.47 Å². The number of carbonyl (C=O) groups excluding carboxylic acids is 5. The van der Waals surface area contributed by atoms with Gasteiger partial charge in [0.2, 0.25) is 0 Å². The zero-order chi connectivity index (χ0) is 36.2. The summed E-state index contributed by atoms with van der Waals surface area (Å²) in [5.74, 6) is -1.10. The highest BCUT2D eigenvalue weighted by Gasteiger charge is 2.30. The van der Waals surface area contributed by atoms with Gasteiger partial charge >= 0.3 is 17.9 Å². The molecule has 2 aliphatic carbocycles. The maximum absolute atomic E-state index is 13.2. The van der Waals surface area contributed by atoms with Crippen molar-refractivity contribution in [1.82, 2.24) is 0 Å². The maximum Gasteiger partial charge on any atom is 0.343 e. The first-order valence-corrected chi connectivity index (χ1v) is 17.4. The monoisotopic (exact) mass is 692 g/mol. The molecule has 52 heavy (non-hydrogen) atoms. The number of rotatable bonds is 9. The number of carbonyl (C=O) groups is 5. The Labute approximate surface area is 301 Å². The van der Waals surface area contributed by atoms with Crippen molar-refractivity contribution in [3.63, 3.8) is 0 Å². The fraction of sp³-hybridized carbons (Fsp3) is 0.205. The summed E-state index contributed by atoms with van der Waals surface area (Å²) in [5.41, 5.74) is 3.61. The van der Waals surface area contributed by atoms with Crippen LogP contribution in [0.2, 0.25) is 0 Å². The highest BCUT2D eigenvalue weighted by atomic mass is 16.6. The molecule has 5 aromatic rings. The Bertz CT molecular complexity index is 2140. The van der Waals surface area contributed by atoms with Gasteiger partial charge in [0.25, 0.3) is 0 Å². The molecule has 1 atom stereocenters. The molecular formula is C44H36O8. The second-order valence-electron chi connectivity index (χ2n) is 13.4.